The van der Waals surface area contributed by atoms with E-state index in [9.17, 15) is 0 Å². The Balaban J connectivity index is 2.06. The molecule has 2 rings (SSSR count). The van der Waals surface area contributed by atoms with Crippen LogP contribution in [0.15, 0.2) is 0 Å². The fraction of sp³-hybridized carbons (Fsp3) is 1.00. The maximum Gasteiger partial charge on any atom is 0.0674 e. The monoisotopic (exact) mass is 282 g/mol. The lowest BCUT2D eigenvalue weighted by atomic mass is 9.72. The predicted molar refractivity (Wildman–Crippen MR) is 84.8 cm³/mol. The smallest absolute Gasteiger partial charge is 0.0674 e. The molecule has 0 aromatic carbocycles. The van der Waals surface area contributed by atoms with Gasteiger partial charge in [0, 0.05) is 31.8 Å². The fourth-order valence-electron chi connectivity index (χ4n) is 4.36. The van der Waals surface area contributed by atoms with Gasteiger partial charge in [-0.1, -0.05) is 26.7 Å². The van der Waals surface area contributed by atoms with Gasteiger partial charge in [-0.15, -0.1) is 0 Å². The van der Waals surface area contributed by atoms with Gasteiger partial charge in [-0.25, -0.2) is 0 Å². The number of ether oxygens (including phenoxy) is 1. The van der Waals surface area contributed by atoms with Gasteiger partial charge >= 0.3 is 0 Å². The molecule has 0 spiro atoms. The van der Waals surface area contributed by atoms with E-state index in [4.69, 9.17) is 10.5 Å². The van der Waals surface area contributed by atoms with Crippen molar-refractivity contribution in [2.45, 2.75) is 70.9 Å². The van der Waals surface area contributed by atoms with Crippen LogP contribution < -0.4 is 5.73 Å². The van der Waals surface area contributed by atoms with Gasteiger partial charge in [0.15, 0.2) is 0 Å². The molecule has 2 fully saturated rings. The van der Waals surface area contributed by atoms with Crippen LogP contribution in [0.25, 0.3) is 0 Å². The molecule has 1 aliphatic heterocycles. The first-order valence-corrected chi connectivity index (χ1v) is 8.62. The van der Waals surface area contributed by atoms with Gasteiger partial charge in [0.25, 0.3) is 0 Å². The molecule has 1 aliphatic carbocycles. The van der Waals surface area contributed by atoms with Crippen molar-refractivity contribution >= 4 is 0 Å². The van der Waals surface area contributed by atoms with Crippen LogP contribution in [0.3, 0.4) is 0 Å². The minimum Gasteiger partial charge on any atom is -0.377 e. The second-order valence-corrected chi connectivity index (χ2v) is 7.50. The van der Waals surface area contributed by atoms with Crippen LogP contribution in [-0.2, 0) is 4.74 Å². The van der Waals surface area contributed by atoms with Gasteiger partial charge in [0.1, 0.15) is 0 Å². The molecular weight excluding hydrogens is 248 g/mol. The van der Waals surface area contributed by atoms with Crippen molar-refractivity contribution in [3.63, 3.8) is 0 Å². The Kier molecular flexibility index (Phi) is 5.88. The van der Waals surface area contributed by atoms with E-state index in [1.165, 1.54) is 32.1 Å². The highest BCUT2D eigenvalue weighted by molar-refractivity contribution is 4.97. The van der Waals surface area contributed by atoms with Crippen molar-refractivity contribution in [3.8, 4) is 0 Å². The molecule has 3 nitrogen and oxygen atoms in total. The van der Waals surface area contributed by atoms with Crippen LogP contribution in [0.2, 0.25) is 0 Å². The molecule has 0 aromatic rings. The highest BCUT2D eigenvalue weighted by Crippen LogP contribution is 2.39. The van der Waals surface area contributed by atoms with Crippen LogP contribution in [-0.4, -0.2) is 42.8 Å². The summed E-state index contributed by atoms with van der Waals surface area (Å²) in [5.74, 6) is 1.67. The summed E-state index contributed by atoms with van der Waals surface area (Å²) in [6.45, 7) is 10.8. The molecular formula is C17H34N2O. The quantitative estimate of drug-likeness (QED) is 0.861. The van der Waals surface area contributed by atoms with E-state index in [0.29, 0.717) is 6.10 Å². The van der Waals surface area contributed by atoms with Crippen molar-refractivity contribution < 1.29 is 4.74 Å². The molecule has 3 heteroatoms. The van der Waals surface area contributed by atoms with Gasteiger partial charge in [-0.3, -0.25) is 4.90 Å². The third-order valence-corrected chi connectivity index (χ3v) is 5.23. The van der Waals surface area contributed by atoms with E-state index >= 15 is 0 Å². The summed E-state index contributed by atoms with van der Waals surface area (Å²) >= 11 is 0. The maximum absolute atomic E-state index is 6.28. The molecule has 2 aliphatic rings. The Bertz CT molecular complexity index is 295. The van der Waals surface area contributed by atoms with Crippen LogP contribution in [0.1, 0.15) is 59.3 Å². The topological polar surface area (TPSA) is 38.5 Å². The van der Waals surface area contributed by atoms with E-state index in [0.717, 1.165) is 44.5 Å². The Morgan fingerprint density at radius 1 is 1.35 bits per heavy atom. The lowest BCUT2D eigenvalue weighted by Crippen LogP contribution is -2.57. The van der Waals surface area contributed by atoms with Gasteiger partial charge in [0.05, 0.1) is 6.10 Å². The first kappa shape index (κ1) is 16.3. The molecule has 118 valence electrons. The van der Waals surface area contributed by atoms with Crippen molar-refractivity contribution in [2.24, 2.45) is 17.6 Å². The Morgan fingerprint density at radius 3 is 2.85 bits per heavy atom. The van der Waals surface area contributed by atoms with Crippen molar-refractivity contribution in [1.82, 2.24) is 4.90 Å². The van der Waals surface area contributed by atoms with Gasteiger partial charge in [0.2, 0.25) is 0 Å². The molecule has 1 saturated carbocycles. The number of nitrogens with zero attached hydrogens (tertiary/aromatic N) is 1. The average molecular weight is 282 g/mol. The standard InChI is InChI=1S/C17H34N2O/c1-14(2)10-16-6-4-7-17(11-16,13-18)19-8-5-9-20-15(3)12-19/h14-16H,4-13,18H2,1-3H3. The van der Waals surface area contributed by atoms with Crippen LogP contribution in [0.5, 0.6) is 0 Å². The van der Waals surface area contributed by atoms with E-state index < -0.39 is 0 Å². The zero-order valence-corrected chi connectivity index (χ0v) is 13.7. The summed E-state index contributed by atoms with van der Waals surface area (Å²) < 4.78 is 5.82. The highest BCUT2D eigenvalue weighted by Gasteiger charge is 2.41. The molecule has 0 amide bonds. The largest absolute Gasteiger partial charge is 0.377 e. The van der Waals surface area contributed by atoms with Crippen LogP contribution >= 0.6 is 0 Å². The summed E-state index contributed by atoms with van der Waals surface area (Å²) in [6, 6.07) is 0. The molecule has 20 heavy (non-hydrogen) atoms. The van der Waals surface area contributed by atoms with Gasteiger partial charge in [-0.2, -0.15) is 0 Å². The maximum atomic E-state index is 6.28. The van der Waals surface area contributed by atoms with Gasteiger partial charge in [-0.05, 0) is 44.4 Å². The molecule has 3 atom stereocenters. The van der Waals surface area contributed by atoms with Gasteiger partial charge < -0.3 is 10.5 Å². The third-order valence-electron chi connectivity index (χ3n) is 5.23. The molecule has 0 radical (unpaired) electrons. The Labute approximate surface area is 125 Å². The number of hydrogen-bond acceptors (Lipinski definition) is 3. The summed E-state index contributed by atoms with van der Waals surface area (Å²) in [4.78, 5) is 2.68. The predicted octanol–water partition coefficient (Wildman–Crippen LogP) is 3.03. The lowest BCUT2D eigenvalue weighted by molar-refractivity contribution is 0.00694. The average Bonchev–Trinajstić information content (AvgIpc) is 2.63. The van der Waals surface area contributed by atoms with E-state index in [2.05, 4.69) is 25.7 Å². The SMILES string of the molecule is CC(C)CC1CCCC(CN)(N2CCCOC(C)C2)C1. The summed E-state index contributed by atoms with van der Waals surface area (Å²) in [5.41, 5.74) is 6.53. The summed E-state index contributed by atoms with van der Waals surface area (Å²) in [6.07, 6.45) is 8.20. The second-order valence-electron chi connectivity index (χ2n) is 7.50. The number of nitrogens with two attached hydrogens (primary N) is 1. The van der Waals surface area contributed by atoms with Crippen LogP contribution in [0, 0.1) is 11.8 Å². The molecule has 3 unspecified atom stereocenters. The fourth-order valence-corrected chi connectivity index (χ4v) is 4.36. The van der Waals surface area contributed by atoms with Crippen molar-refractivity contribution in [1.29, 1.82) is 0 Å². The zero-order chi connectivity index (χ0) is 14.6. The van der Waals surface area contributed by atoms with E-state index in [1.54, 1.807) is 0 Å². The zero-order valence-electron chi connectivity index (χ0n) is 13.7. The van der Waals surface area contributed by atoms with E-state index in [1.807, 2.05) is 0 Å². The first-order valence-electron chi connectivity index (χ1n) is 8.62. The first-order chi connectivity index (χ1) is 9.55. The van der Waals surface area contributed by atoms with Crippen molar-refractivity contribution in [2.75, 3.05) is 26.2 Å². The molecule has 0 aromatic heterocycles. The number of rotatable bonds is 4. The second kappa shape index (κ2) is 7.24. The lowest BCUT2D eigenvalue weighted by Gasteiger charge is -2.48. The normalized spacial score (nSPS) is 37.0. The summed E-state index contributed by atoms with van der Waals surface area (Å²) in [5, 5.41) is 0. The highest BCUT2D eigenvalue weighted by atomic mass is 16.5. The minimum absolute atomic E-state index is 0.250. The minimum atomic E-state index is 0.250. The molecule has 1 saturated heterocycles. The number of hydrogen-bond donors (Lipinski definition) is 1. The third kappa shape index (κ3) is 3.96. The molecule has 1 heterocycles. The Hall–Kier alpha value is -0.120. The van der Waals surface area contributed by atoms with Crippen LogP contribution in [0.4, 0.5) is 0 Å². The van der Waals surface area contributed by atoms with E-state index in [-0.39, 0.29) is 5.54 Å². The molecule has 0 bridgehead atoms. The molecule has 2 N–H and O–H groups in total. The summed E-state index contributed by atoms with van der Waals surface area (Å²) in [7, 11) is 0. The Morgan fingerprint density at radius 2 is 2.15 bits per heavy atom. The van der Waals surface area contributed by atoms with Crippen molar-refractivity contribution in [3.05, 3.63) is 0 Å².